The molecule has 0 aromatic carbocycles. The van der Waals surface area contributed by atoms with Crippen molar-refractivity contribution in [1.82, 2.24) is 16.0 Å². The van der Waals surface area contributed by atoms with E-state index in [9.17, 15) is 29.1 Å². The highest BCUT2D eigenvalue weighted by molar-refractivity contribution is 5.95. The molecule has 11 nitrogen and oxygen atoms in total. The summed E-state index contributed by atoms with van der Waals surface area (Å²) in [6.45, 7) is 6.75. The van der Waals surface area contributed by atoms with Crippen LogP contribution in [-0.4, -0.2) is 59.4 Å². The maximum absolute atomic E-state index is 12.7. The Morgan fingerprint density at radius 2 is 1.48 bits per heavy atom. The van der Waals surface area contributed by atoms with Gasteiger partial charge in [0.05, 0.1) is 13.0 Å². The van der Waals surface area contributed by atoms with E-state index in [1.165, 1.54) is 0 Å². The molecule has 11 heteroatoms. The number of primary amides is 1. The summed E-state index contributed by atoms with van der Waals surface area (Å²) >= 11 is 0. The summed E-state index contributed by atoms with van der Waals surface area (Å²) in [6.07, 6.45) is 0.279. The Hall–Kier alpha value is -2.69. The van der Waals surface area contributed by atoms with Crippen LogP contribution in [0.2, 0.25) is 0 Å². The molecule has 29 heavy (non-hydrogen) atoms. The van der Waals surface area contributed by atoms with Gasteiger partial charge in [-0.3, -0.25) is 19.2 Å². The highest BCUT2D eigenvalue weighted by Gasteiger charge is 2.32. The minimum absolute atomic E-state index is 0.00819. The third-order valence-electron chi connectivity index (χ3n) is 4.36. The molecule has 166 valence electrons. The molecular weight excluding hydrogens is 382 g/mol. The monoisotopic (exact) mass is 415 g/mol. The van der Waals surface area contributed by atoms with E-state index in [-0.39, 0.29) is 18.3 Å². The number of nitrogens with two attached hydrogens (primary N) is 2. The Bertz CT molecular complexity index is 610. The standard InChI is InChI=1S/C18H33N5O6/c1-5-10(4)15(18(28)29)23-17(27)11(6-9(2)3)22-16(26)12(7-13(20)24)21-14(25)8-19/h9-12,15H,5-8,19H2,1-4H3,(H2,20,24)(H,21,25)(H,22,26)(H,23,27)(H,28,29). The minimum atomic E-state index is -1.30. The Kier molecular flexibility index (Phi) is 11.5. The highest BCUT2D eigenvalue weighted by Crippen LogP contribution is 2.11. The Balaban J connectivity index is 5.44. The van der Waals surface area contributed by atoms with Crippen LogP contribution in [0.25, 0.3) is 0 Å². The molecule has 0 rings (SSSR count). The fourth-order valence-electron chi connectivity index (χ4n) is 2.58. The van der Waals surface area contributed by atoms with E-state index in [1.54, 1.807) is 13.8 Å². The van der Waals surface area contributed by atoms with Gasteiger partial charge in [-0.1, -0.05) is 34.1 Å². The van der Waals surface area contributed by atoms with Gasteiger partial charge in [0.1, 0.15) is 18.1 Å². The minimum Gasteiger partial charge on any atom is -0.480 e. The van der Waals surface area contributed by atoms with Crippen molar-refractivity contribution in [2.75, 3.05) is 6.54 Å². The van der Waals surface area contributed by atoms with Gasteiger partial charge >= 0.3 is 5.97 Å². The molecule has 0 saturated carbocycles. The molecule has 0 spiro atoms. The largest absolute Gasteiger partial charge is 0.480 e. The number of nitrogens with one attached hydrogen (secondary N) is 3. The van der Waals surface area contributed by atoms with Crippen LogP contribution in [0.1, 0.15) is 47.0 Å². The molecule has 0 heterocycles. The molecule has 0 saturated heterocycles. The molecule has 0 aromatic heterocycles. The molecule has 0 fully saturated rings. The predicted octanol–water partition coefficient (Wildman–Crippen LogP) is -1.55. The maximum atomic E-state index is 12.7. The van der Waals surface area contributed by atoms with E-state index < -0.39 is 60.7 Å². The zero-order valence-corrected chi connectivity index (χ0v) is 17.4. The maximum Gasteiger partial charge on any atom is 0.326 e. The number of carboxylic acid groups (broad SMARTS) is 1. The van der Waals surface area contributed by atoms with Gasteiger partial charge in [-0.25, -0.2) is 4.79 Å². The van der Waals surface area contributed by atoms with Crippen molar-refractivity contribution in [3.63, 3.8) is 0 Å². The van der Waals surface area contributed by atoms with E-state index in [0.29, 0.717) is 6.42 Å². The van der Waals surface area contributed by atoms with Crippen LogP contribution in [-0.2, 0) is 24.0 Å². The molecular formula is C18H33N5O6. The summed E-state index contributed by atoms with van der Waals surface area (Å²) in [6, 6.07) is -3.47. The second kappa shape index (κ2) is 12.7. The SMILES string of the molecule is CCC(C)C(NC(=O)C(CC(C)C)NC(=O)C(CC(N)=O)NC(=O)CN)C(=O)O. The molecule has 4 unspecified atom stereocenters. The number of carboxylic acids is 1. The molecule has 0 bridgehead atoms. The van der Waals surface area contributed by atoms with E-state index >= 15 is 0 Å². The summed E-state index contributed by atoms with van der Waals surface area (Å²) in [5, 5.41) is 16.6. The van der Waals surface area contributed by atoms with Gasteiger partial charge in [-0.2, -0.15) is 0 Å². The molecule has 0 aromatic rings. The first kappa shape index (κ1) is 26.3. The number of carbonyl (C=O) groups excluding carboxylic acids is 4. The molecule has 0 aliphatic rings. The first-order valence-electron chi connectivity index (χ1n) is 9.54. The van der Waals surface area contributed by atoms with Crippen LogP contribution in [0, 0.1) is 11.8 Å². The zero-order chi connectivity index (χ0) is 22.7. The summed E-state index contributed by atoms with van der Waals surface area (Å²) in [7, 11) is 0. The van der Waals surface area contributed by atoms with Crippen molar-refractivity contribution >= 4 is 29.6 Å². The molecule has 8 N–H and O–H groups in total. The van der Waals surface area contributed by atoms with Crippen molar-refractivity contribution in [3.8, 4) is 0 Å². The summed E-state index contributed by atoms with van der Waals surface area (Å²) < 4.78 is 0. The van der Waals surface area contributed by atoms with Crippen molar-refractivity contribution in [2.24, 2.45) is 23.3 Å². The molecule has 0 aliphatic heterocycles. The topological polar surface area (TPSA) is 194 Å². The van der Waals surface area contributed by atoms with Crippen molar-refractivity contribution in [3.05, 3.63) is 0 Å². The van der Waals surface area contributed by atoms with Gasteiger partial charge < -0.3 is 32.5 Å². The predicted molar refractivity (Wildman–Crippen MR) is 105 cm³/mol. The fourth-order valence-corrected chi connectivity index (χ4v) is 2.58. The smallest absolute Gasteiger partial charge is 0.326 e. The lowest BCUT2D eigenvalue weighted by molar-refractivity contribution is -0.144. The van der Waals surface area contributed by atoms with E-state index in [4.69, 9.17) is 11.5 Å². The first-order valence-corrected chi connectivity index (χ1v) is 9.54. The van der Waals surface area contributed by atoms with Crippen molar-refractivity contribution < 1.29 is 29.1 Å². The van der Waals surface area contributed by atoms with Crippen LogP contribution < -0.4 is 27.4 Å². The number of hydrogen-bond donors (Lipinski definition) is 6. The summed E-state index contributed by atoms with van der Waals surface area (Å²) in [5.41, 5.74) is 10.3. The van der Waals surface area contributed by atoms with Gasteiger partial charge in [0, 0.05) is 0 Å². The number of carbonyl (C=O) groups is 5. The van der Waals surface area contributed by atoms with Gasteiger partial charge in [0.25, 0.3) is 0 Å². The first-order chi connectivity index (χ1) is 13.4. The number of rotatable bonds is 13. The lowest BCUT2D eigenvalue weighted by Gasteiger charge is -2.26. The van der Waals surface area contributed by atoms with Crippen LogP contribution in [0.15, 0.2) is 0 Å². The average molecular weight is 415 g/mol. The number of amides is 4. The van der Waals surface area contributed by atoms with Crippen molar-refractivity contribution in [1.29, 1.82) is 0 Å². The summed E-state index contributed by atoms with van der Waals surface area (Å²) in [5.74, 6) is -4.45. The van der Waals surface area contributed by atoms with Gasteiger partial charge in [0.15, 0.2) is 0 Å². The van der Waals surface area contributed by atoms with Crippen molar-refractivity contribution in [2.45, 2.75) is 65.1 Å². The number of hydrogen-bond acceptors (Lipinski definition) is 6. The Morgan fingerprint density at radius 3 is 1.90 bits per heavy atom. The zero-order valence-electron chi connectivity index (χ0n) is 17.4. The molecule has 0 aliphatic carbocycles. The second-order valence-corrected chi connectivity index (χ2v) is 7.40. The van der Waals surface area contributed by atoms with Gasteiger partial charge in [-0.05, 0) is 18.3 Å². The quantitative estimate of drug-likeness (QED) is 0.209. The van der Waals surface area contributed by atoms with E-state index in [0.717, 1.165) is 0 Å². The lowest BCUT2D eigenvalue weighted by atomic mass is 9.97. The molecule has 0 radical (unpaired) electrons. The van der Waals surface area contributed by atoms with Gasteiger partial charge in [0.2, 0.25) is 23.6 Å². The third-order valence-corrected chi connectivity index (χ3v) is 4.36. The normalized spacial score (nSPS) is 15.0. The molecule has 4 atom stereocenters. The van der Waals surface area contributed by atoms with Gasteiger partial charge in [-0.15, -0.1) is 0 Å². The fraction of sp³-hybridized carbons (Fsp3) is 0.722. The van der Waals surface area contributed by atoms with Crippen LogP contribution in [0.5, 0.6) is 0 Å². The lowest BCUT2D eigenvalue weighted by Crippen LogP contribution is -2.57. The summed E-state index contributed by atoms with van der Waals surface area (Å²) in [4.78, 5) is 59.5. The van der Waals surface area contributed by atoms with Crippen LogP contribution >= 0.6 is 0 Å². The van der Waals surface area contributed by atoms with Crippen LogP contribution in [0.3, 0.4) is 0 Å². The third kappa shape index (κ3) is 9.88. The number of aliphatic carboxylic acids is 1. The van der Waals surface area contributed by atoms with E-state index in [1.807, 2.05) is 13.8 Å². The second-order valence-electron chi connectivity index (χ2n) is 7.40. The highest BCUT2D eigenvalue weighted by atomic mass is 16.4. The molecule has 4 amide bonds. The average Bonchev–Trinajstić information content (AvgIpc) is 2.62. The van der Waals surface area contributed by atoms with E-state index in [2.05, 4.69) is 16.0 Å². The Labute approximate surface area is 170 Å². The Morgan fingerprint density at radius 1 is 0.931 bits per heavy atom. The van der Waals surface area contributed by atoms with Crippen LogP contribution in [0.4, 0.5) is 0 Å².